The van der Waals surface area contributed by atoms with Crippen LogP contribution in [0.5, 0.6) is 0 Å². The molecule has 0 heterocycles. The molecule has 2 aliphatic rings. The molecule has 2 aromatic carbocycles. The number of rotatable bonds is 5. The van der Waals surface area contributed by atoms with Crippen molar-refractivity contribution >= 4 is 31.9 Å². The number of hydrogen-bond donors (Lipinski definition) is 1. The fraction of sp³-hybridized carbons (Fsp3) is 0.381. The number of aliphatic hydroxyl groups excluding tert-OH is 1. The Balaban J connectivity index is 1.66. The zero-order valence-corrected chi connectivity index (χ0v) is 16.9. The van der Waals surface area contributed by atoms with Crippen LogP contribution in [0.25, 0.3) is 0 Å². The molecule has 4 rings (SSSR count). The SMILES string of the molecule is N#CC(C(O)C1(c2ccc(Br)cc2)CC1)C1(c2ccc(Br)cc2)CC1. The van der Waals surface area contributed by atoms with Gasteiger partial charge < -0.3 is 5.11 Å². The van der Waals surface area contributed by atoms with Crippen molar-refractivity contribution in [3.05, 3.63) is 68.6 Å². The Morgan fingerprint density at radius 1 is 0.800 bits per heavy atom. The fourth-order valence-electron chi connectivity index (χ4n) is 4.18. The number of benzene rings is 2. The van der Waals surface area contributed by atoms with E-state index in [1.807, 2.05) is 24.3 Å². The molecule has 2 nitrogen and oxygen atoms in total. The lowest BCUT2D eigenvalue weighted by atomic mass is 9.73. The van der Waals surface area contributed by atoms with Gasteiger partial charge >= 0.3 is 0 Å². The predicted octanol–water partition coefficient (Wildman–Crippen LogP) is 5.48. The maximum atomic E-state index is 11.3. The lowest BCUT2D eigenvalue weighted by Crippen LogP contribution is -2.39. The van der Waals surface area contributed by atoms with Crippen LogP contribution in [0.1, 0.15) is 36.8 Å². The first-order chi connectivity index (χ1) is 12.0. The largest absolute Gasteiger partial charge is 0.391 e. The van der Waals surface area contributed by atoms with Crippen LogP contribution in [0.15, 0.2) is 57.5 Å². The van der Waals surface area contributed by atoms with Crippen molar-refractivity contribution in [3.63, 3.8) is 0 Å². The number of aliphatic hydroxyl groups is 1. The molecule has 0 saturated heterocycles. The van der Waals surface area contributed by atoms with E-state index in [2.05, 4.69) is 62.2 Å². The van der Waals surface area contributed by atoms with E-state index < -0.39 is 6.10 Å². The second kappa shape index (κ2) is 6.23. The van der Waals surface area contributed by atoms with Crippen molar-refractivity contribution in [2.75, 3.05) is 0 Å². The Hall–Kier alpha value is -1.15. The quantitative estimate of drug-likeness (QED) is 0.642. The third kappa shape index (κ3) is 2.87. The van der Waals surface area contributed by atoms with Gasteiger partial charge in [-0.25, -0.2) is 0 Å². The van der Waals surface area contributed by atoms with E-state index in [-0.39, 0.29) is 16.7 Å². The van der Waals surface area contributed by atoms with Crippen LogP contribution in [0.3, 0.4) is 0 Å². The van der Waals surface area contributed by atoms with Gasteiger partial charge in [0.05, 0.1) is 18.1 Å². The lowest BCUT2D eigenvalue weighted by molar-refractivity contribution is 0.0758. The summed E-state index contributed by atoms with van der Waals surface area (Å²) in [4.78, 5) is 0. The molecule has 0 aliphatic heterocycles. The van der Waals surface area contributed by atoms with Crippen molar-refractivity contribution in [2.45, 2.75) is 42.6 Å². The van der Waals surface area contributed by atoms with Gasteiger partial charge in [0.15, 0.2) is 0 Å². The summed E-state index contributed by atoms with van der Waals surface area (Å²) in [5.74, 6) is -0.375. The first-order valence-corrected chi connectivity index (χ1v) is 10.2. The Morgan fingerprint density at radius 3 is 1.56 bits per heavy atom. The second-order valence-corrected chi connectivity index (χ2v) is 9.21. The van der Waals surface area contributed by atoms with Gasteiger partial charge in [0, 0.05) is 19.8 Å². The van der Waals surface area contributed by atoms with E-state index in [4.69, 9.17) is 0 Å². The third-order valence-electron chi connectivity index (χ3n) is 6.03. The molecule has 0 radical (unpaired) electrons. The molecule has 2 unspecified atom stereocenters. The topological polar surface area (TPSA) is 44.0 Å². The van der Waals surface area contributed by atoms with Crippen LogP contribution in [-0.2, 0) is 10.8 Å². The van der Waals surface area contributed by atoms with Gasteiger partial charge in [0.25, 0.3) is 0 Å². The molecule has 0 bridgehead atoms. The first kappa shape index (κ1) is 17.3. The molecule has 4 heteroatoms. The molecule has 0 amide bonds. The normalized spacial score (nSPS) is 21.8. The summed E-state index contributed by atoms with van der Waals surface area (Å²) in [7, 11) is 0. The third-order valence-corrected chi connectivity index (χ3v) is 7.09. The second-order valence-electron chi connectivity index (χ2n) is 7.38. The van der Waals surface area contributed by atoms with E-state index >= 15 is 0 Å². The summed E-state index contributed by atoms with van der Waals surface area (Å²) in [6.07, 6.45) is 3.21. The molecule has 25 heavy (non-hydrogen) atoms. The fourth-order valence-corrected chi connectivity index (χ4v) is 4.71. The maximum Gasteiger partial charge on any atom is 0.0827 e. The van der Waals surface area contributed by atoms with Crippen LogP contribution >= 0.6 is 31.9 Å². The van der Waals surface area contributed by atoms with E-state index in [0.717, 1.165) is 40.2 Å². The van der Waals surface area contributed by atoms with Gasteiger partial charge in [-0.05, 0) is 61.1 Å². The molecule has 2 atom stereocenters. The standard InChI is InChI=1S/C21H19Br2NO/c22-16-5-1-14(2-6-16)20(9-10-20)18(13-24)19(25)21(11-12-21)15-3-7-17(23)8-4-15/h1-8,18-19,25H,9-12H2. The summed E-state index contributed by atoms with van der Waals surface area (Å²) in [5.41, 5.74) is 1.87. The van der Waals surface area contributed by atoms with E-state index in [1.54, 1.807) is 0 Å². The van der Waals surface area contributed by atoms with Crippen molar-refractivity contribution in [2.24, 2.45) is 5.92 Å². The number of nitrogens with zero attached hydrogens (tertiary/aromatic N) is 1. The van der Waals surface area contributed by atoms with Crippen LogP contribution < -0.4 is 0 Å². The van der Waals surface area contributed by atoms with Gasteiger partial charge in [0.1, 0.15) is 0 Å². The summed E-state index contributed by atoms with van der Waals surface area (Å²) < 4.78 is 2.07. The Morgan fingerprint density at radius 2 is 1.20 bits per heavy atom. The summed E-state index contributed by atoms with van der Waals surface area (Å²) in [6.45, 7) is 0. The maximum absolute atomic E-state index is 11.3. The van der Waals surface area contributed by atoms with Crippen LogP contribution in [0, 0.1) is 17.2 Å². The smallest absolute Gasteiger partial charge is 0.0827 e. The van der Waals surface area contributed by atoms with E-state index in [0.29, 0.717) is 0 Å². The van der Waals surface area contributed by atoms with Crippen LogP contribution in [0.2, 0.25) is 0 Å². The number of halogens is 2. The average molecular weight is 461 g/mol. The van der Waals surface area contributed by atoms with Gasteiger partial charge in [-0.2, -0.15) is 5.26 Å². The molecular weight excluding hydrogens is 442 g/mol. The first-order valence-electron chi connectivity index (χ1n) is 8.62. The van der Waals surface area contributed by atoms with Gasteiger partial charge in [-0.15, -0.1) is 0 Å². The van der Waals surface area contributed by atoms with Crippen molar-refractivity contribution in [1.29, 1.82) is 5.26 Å². The highest BCUT2D eigenvalue weighted by Crippen LogP contribution is 2.61. The van der Waals surface area contributed by atoms with Gasteiger partial charge in [-0.3, -0.25) is 0 Å². The Bertz CT molecular complexity index is 814. The minimum atomic E-state index is -0.634. The molecule has 2 fully saturated rings. The highest BCUT2D eigenvalue weighted by atomic mass is 79.9. The average Bonchev–Trinajstić information content (AvgIpc) is 3.52. The van der Waals surface area contributed by atoms with E-state index in [9.17, 15) is 10.4 Å². The monoisotopic (exact) mass is 459 g/mol. The molecule has 0 aromatic heterocycles. The summed E-state index contributed by atoms with van der Waals surface area (Å²) in [6, 6.07) is 18.9. The van der Waals surface area contributed by atoms with Gasteiger partial charge in [0.2, 0.25) is 0 Å². The molecule has 1 N–H and O–H groups in total. The minimum Gasteiger partial charge on any atom is -0.391 e. The van der Waals surface area contributed by atoms with Crippen LogP contribution in [0.4, 0.5) is 0 Å². The van der Waals surface area contributed by atoms with Crippen LogP contribution in [-0.4, -0.2) is 11.2 Å². The summed E-state index contributed by atoms with van der Waals surface area (Å²) in [5, 5.41) is 21.2. The van der Waals surface area contributed by atoms with Gasteiger partial charge in [-0.1, -0.05) is 56.1 Å². The van der Waals surface area contributed by atoms with Crippen molar-refractivity contribution in [3.8, 4) is 6.07 Å². The highest BCUT2D eigenvalue weighted by Gasteiger charge is 2.61. The Labute approximate surface area is 165 Å². The lowest BCUT2D eigenvalue weighted by Gasteiger charge is -2.32. The number of nitriles is 1. The van der Waals surface area contributed by atoms with Crippen molar-refractivity contribution < 1.29 is 5.11 Å². The Kier molecular flexibility index (Phi) is 4.30. The van der Waals surface area contributed by atoms with E-state index in [1.165, 1.54) is 5.56 Å². The predicted molar refractivity (Wildman–Crippen MR) is 105 cm³/mol. The zero-order valence-electron chi connectivity index (χ0n) is 13.8. The van der Waals surface area contributed by atoms with Crippen molar-refractivity contribution in [1.82, 2.24) is 0 Å². The molecule has 128 valence electrons. The molecule has 2 aromatic rings. The zero-order chi connectivity index (χ0) is 17.7. The molecular formula is C21H19Br2NO. The minimum absolute atomic E-state index is 0.195. The molecule has 2 saturated carbocycles. The number of hydrogen-bond acceptors (Lipinski definition) is 2. The highest BCUT2D eigenvalue weighted by molar-refractivity contribution is 9.10. The molecule has 2 aliphatic carbocycles. The summed E-state index contributed by atoms with van der Waals surface area (Å²) >= 11 is 6.95. The molecule has 0 spiro atoms.